The summed E-state index contributed by atoms with van der Waals surface area (Å²) in [5, 5.41) is 9.80. The van der Waals surface area contributed by atoms with Crippen molar-refractivity contribution in [2.45, 2.75) is 43.6 Å². The molecule has 1 fully saturated rings. The van der Waals surface area contributed by atoms with Crippen molar-refractivity contribution in [3.05, 3.63) is 22.7 Å². The van der Waals surface area contributed by atoms with Crippen LogP contribution < -0.4 is 10.5 Å². The average molecular weight is 333 g/mol. The number of benzene rings is 1. The van der Waals surface area contributed by atoms with Gasteiger partial charge in [0, 0.05) is 17.3 Å². The monoisotopic (exact) mass is 332 g/mol. The third-order valence-electron chi connectivity index (χ3n) is 4.05. The quantitative estimate of drug-likeness (QED) is 0.736. The van der Waals surface area contributed by atoms with E-state index in [0.29, 0.717) is 22.8 Å². The summed E-state index contributed by atoms with van der Waals surface area (Å²) in [5.74, 6) is 0.265. The number of hydrogen-bond acceptors (Lipinski definition) is 4. The summed E-state index contributed by atoms with van der Waals surface area (Å²) in [7, 11) is -3.61. The van der Waals surface area contributed by atoms with Crippen LogP contribution in [0.25, 0.3) is 0 Å². The molecule has 0 atom stereocenters. The molecule has 1 aromatic rings. The van der Waals surface area contributed by atoms with Crippen LogP contribution in [0.15, 0.2) is 17.0 Å². The number of anilines is 1. The molecule has 0 unspecified atom stereocenters. The van der Waals surface area contributed by atoms with E-state index in [9.17, 15) is 13.5 Å². The second-order valence-corrected chi connectivity index (χ2v) is 7.82. The Bertz CT molecular complexity index is 588. The zero-order chi connectivity index (χ0) is 15.6. The predicted octanol–water partition coefficient (Wildman–Crippen LogP) is 2.06. The third-order valence-corrected chi connectivity index (χ3v) is 5.84. The van der Waals surface area contributed by atoms with Gasteiger partial charge in [0.25, 0.3) is 0 Å². The van der Waals surface area contributed by atoms with E-state index in [2.05, 4.69) is 4.72 Å². The smallest absolute Gasteiger partial charge is 0.240 e. The van der Waals surface area contributed by atoms with E-state index in [4.69, 9.17) is 17.3 Å². The zero-order valence-electron chi connectivity index (χ0n) is 12.0. The van der Waals surface area contributed by atoms with Gasteiger partial charge >= 0.3 is 0 Å². The maximum Gasteiger partial charge on any atom is 0.240 e. The van der Waals surface area contributed by atoms with Crippen molar-refractivity contribution in [1.29, 1.82) is 0 Å². The standard InChI is InChI=1S/C14H21ClN2O3S/c1-9-13(15)6-12(7-14(9)16)21(19,20)17-8-10-2-4-11(18)5-3-10/h6-7,10-11,17-18H,2-5,8,16H2,1H3. The molecule has 118 valence electrons. The van der Waals surface area contributed by atoms with Crippen molar-refractivity contribution in [2.75, 3.05) is 12.3 Å². The molecule has 4 N–H and O–H groups in total. The van der Waals surface area contributed by atoms with E-state index in [1.165, 1.54) is 12.1 Å². The number of nitrogens with one attached hydrogen (secondary N) is 1. The lowest BCUT2D eigenvalue weighted by Gasteiger charge is -2.25. The van der Waals surface area contributed by atoms with Crippen molar-refractivity contribution in [1.82, 2.24) is 4.72 Å². The second kappa shape index (κ2) is 6.52. The fraction of sp³-hybridized carbons (Fsp3) is 0.571. The van der Waals surface area contributed by atoms with E-state index in [0.717, 1.165) is 25.7 Å². The minimum atomic E-state index is -3.61. The SMILES string of the molecule is Cc1c(N)cc(S(=O)(=O)NCC2CCC(O)CC2)cc1Cl. The number of aliphatic hydroxyl groups excluding tert-OH is 1. The van der Waals surface area contributed by atoms with Crippen LogP contribution in [-0.4, -0.2) is 26.2 Å². The predicted molar refractivity (Wildman–Crippen MR) is 83.8 cm³/mol. The number of halogens is 1. The topological polar surface area (TPSA) is 92.4 Å². The molecule has 1 aliphatic carbocycles. The number of aliphatic hydroxyl groups is 1. The van der Waals surface area contributed by atoms with Gasteiger partial charge in [-0.25, -0.2) is 13.1 Å². The fourth-order valence-electron chi connectivity index (χ4n) is 2.49. The first-order valence-corrected chi connectivity index (χ1v) is 8.89. The molecule has 0 spiro atoms. The summed E-state index contributed by atoms with van der Waals surface area (Å²) in [6, 6.07) is 2.84. The summed E-state index contributed by atoms with van der Waals surface area (Å²) in [4.78, 5) is 0.0893. The van der Waals surface area contributed by atoms with Gasteiger partial charge in [-0.3, -0.25) is 0 Å². The number of sulfonamides is 1. The van der Waals surface area contributed by atoms with E-state index < -0.39 is 10.0 Å². The maximum absolute atomic E-state index is 12.3. The Balaban J connectivity index is 2.05. The Morgan fingerprint density at radius 3 is 2.52 bits per heavy atom. The highest BCUT2D eigenvalue weighted by atomic mass is 35.5. The lowest BCUT2D eigenvalue weighted by molar-refractivity contribution is 0.109. The highest BCUT2D eigenvalue weighted by molar-refractivity contribution is 7.89. The molecule has 1 saturated carbocycles. The lowest BCUT2D eigenvalue weighted by atomic mass is 9.88. The Labute approximate surface area is 130 Å². The van der Waals surface area contributed by atoms with Crippen molar-refractivity contribution in [2.24, 2.45) is 5.92 Å². The molecule has 21 heavy (non-hydrogen) atoms. The van der Waals surface area contributed by atoms with Gasteiger partial charge < -0.3 is 10.8 Å². The summed E-state index contributed by atoms with van der Waals surface area (Å²) < 4.78 is 27.2. The van der Waals surface area contributed by atoms with Crippen LogP contribution >= 0.6 is 11.6 Å². The molecule has 0 heterocycles. The molecule has 5 nitrogen and oxygen atoms in total. The minimum Gasteiger partial charge on any atom is -0.398 e. The summed E-state index contributed by atoms with van der Waals surface area (Å²) in [6.45, 7) is 2.12. The van der Waals surface area contributed by atoms with Gasteiger partial charge in [0.15, 0.2) is 0 Å². The van der Waals surface area contributed by atoms with Crippen LogP contribution in [0.1, 0.15) is 31.2 Å². The normalized spacial score (nSPS) is 23.2. The molecule has 0 saturated heterocycles. The molecule has 1 aliphatic rings. The van der Waals surface area contributed by atoms with Gasteiger partial charge in [0.05, 0.1) is 11.0 Å². The highest BCUT2D eigenvalue weighted by Gasteiger charge is 2.22. The molecular weight excluding hydrogens is 312 g/mol. The van der Waals surface area contributed by atoms with Crippen molar-refractivity contribution < 1.29 is 13.5 Å². The van der Waals surface area contributed by atoms with Crippen LogP contribution in [0, 0.1) is 12.8 Å². The molecule has 0 amide bonds. The number of hydrogen-bond donors (Lipinski definition) is 3. The molecule has 2 rings (SSSR count). The summed E-state index contributed by atoms with van der Waals surface area (Å²) in [5.41, 5.74) is 6.81. The number of nitrogen functional groups attached to an aromatic ring is 1. The number of rotatable bonds is 4. The molecular formula is C14H21ClN2O3S. The van der Waals surface area contributed by atoms with Crippen LogP contribution in [0.4, 0.5) is 5.69 Å². The van der Waals surface area contributed by atoms with Gasteiger partial charge in [-0.15, -0.1) is 0 Å². The Kier molecular flexibility index (Phi) is 5.14. The van der Waals surface area contributed by atoms with Gasteiger partial charge in [-0.1, -0.05) is 11.6 Å². The Morgan fingerprint density at radius 2 is 1.95 bits per heavy atom. The molecule has 0 radical (unpaired) electrons. The van der Waals surface area contributed by atoms with Crippen molar-refractivity contribution in [3.8, 4) is 0 Å². The van der Waals surface area contributed by atoms with E-state index in [1.54, 1.807) is 6.92 Å². The van der Waals surface area contributed by atoms with Gasteiger partial charge in [-0.2, -0.15) is 0 Å². The largest absolute Gasteiger partial charge is 0.398 e. The molecule has 0 bridgehead atoms. The average Bonchev–Trinajstić information content (AvgIpc) is 2.43. The van der Waals surface area contributed by atoms with Gasteiger partial charge in [0.2, 0.25) is 10.0 Å². The number of nitrogens with two attached hydrogens (primary N) is 1. The van der Waals surface area contributed by atoms with Crippen LogP contribution in [-0.2, 0) is 10.0 Å². The molecule has 1 aromatic carbocycles. The molecule has 7 heteroatoms. The highest BCUT2D eigenvalue weighted by Crippen LogP contribution is 2.27. The van der Waals surface area contributed by atoms with E-state index >= 15 is 0 Å². The minimum absolute atomic E-state index is 0.0893. The maximum atomic E-state index is 12.3. The van der Waals surface area contributed by atoms with Gasteiger partial charge in [-0.05, 0) is 56.2 Å². The second-order valence-electron chi connectivity index (χ2n) is 5.65. The Hall–Kier alpha value is -0.820. The fourth-order valence-corrected chi connectivity index (χ4v) is 3.96. The zero-order valence-corrected chi connectivity index (χ0v) is 13.5. The molecule has 0 aliphatic heterocycles. The third kappa shape index (κ3) is 4.10. The molecule has 0 aromatic heterocycles. The Morgan fingerprint density at radius 1 is 1.33 bits per heavy atom. The first kappa shape index (κ1) is 16.5. The van der Waals surface area contributed by atoms with E-state index in [1.807, 2.05) is 0 Å². The van der Waals surface area contributed by atoms with Crippen LogP contribution in [0.3, 0.4) is 0 Å². The summed E-state index contributed by atoms with van der Waals surface area (Å²) in [6.07, 6.45) is 2.89. The van der Waals surface area contributed by atoms with Gasteiger partial charge in [0.1, 0.15) is 0 Å². The van der Waals surface area contributed by atoms with Crippen LogP contribution in [0.2, 0.25) is 5.02 Å². The lowest BCUT2D eigenvalue weighted by Crippen LogP contribution is -2.32. The van der Waals surface area contributed by atoms with Crippen molar-refractivity contribution in [3.63, 3.8) is 0 Å². The van der Waals surface area contributed by atoms with Crippen molar-refractivity contribution >= 4 is 27.3 Å². The summed E-state index contributed by atoms with van der Waals surface area (Å²) >= 11 is 5.99. The first-order valence-electron chi connectivity index (χ1n) is 7.03. The van der Waals surface area contributed by atoms with Crippen LogP contribution in [0.5, 0.6) is 0 Å². The first-order chi connectivity index (χ1) is 9.79. The van der Waals surface area contributed by atoms with E-state index in [-0.39, 0.29) is 16.9 Å².